The predicted octanol–water partition coefficient (Wildman–Crippen LogP) is 4.65. The van der Waals surface area contributed by atoms with E-state index in [0.29, 0.717) is 10.8 Å². The predicted molar refractivity (Wildman–Crippen MR) is 65.1 cm³/mol. The molecule has 0 radical (unpaired) electrons. The molecule has 0 aromatic heterocycles. The summed E-state index contributed by atoms with van der Waals surface area (Å²) >= 11 is 18.2. The molecule has 3 aliphatic rings. The van der Waals surface area contributed by atoms with Crippen LogP contribution in [-0.4, -0.2) is 5.88 Å². The highest BCUT2D eigenvalue weighted by atomic mass is 35.5. The van der Waals surface area contributed by atoms with Crippen LogP contribution in [0.3, 0.4) is 0 Å². The molecule has 0 aliphatic heterocycles. The van der Waals surface area contributed by atoms with Gasteiger partial charge in [-0.3, -0.25) is 0 Å². The van der Waals surface area contributed by atoms with Crippen molar-refractivity contribution in [3.05, 3.63) is 33.8 Å². The zero-order valence-electron chi connectivity index (χ0n) is 8.19. The first-order chi connectivity index (χ1) is 7.09. The molecule has 0 heterocycles. The SMILES string of the molecule is ClCC12CC(c3cc(Cl)ccc3Cl)(C1)C2. The third-order valence-electron chi connectivity index (χ3n) is 3.92. The van der Waals surface area contributed by atoms with Crippen LogP contribution in [0.15, 0.2) is 18.2 Å². The highest BCUT2D eigenvalue weighted by Crippen LogP contribution is 2.74. The Kier molecular flexibility index (Phi) is 2.09. The molecule has 3 saturated carbocycles. The van der Waals surface area contributed by atoms with Crippen LogP contribution in [-0.2, 0) is 5.41 Å². The zero-order valence-corrected chi connectivity index (χ0v) is 10.5. The molecule has 2 bridgehead atoms. The van der Waals surface area contributed by atoms with Gasteiger partial charge in [-0.1, -0.05) is 23.2 Å². The Hall–Kier alpha value is 0.0900. The smallest absolute Gasteiger partial charge is 0.0444 e. The van der Waals surface area contributed by atoms with E-state index in [1.54, 1.807) is 0 Å². The lowest BCUT2D eigenvalue weighted by atomic mass is 9.34. The van der Waals surface area contributed by atoms with Gasteiger partial charge < -0.3 is 0 Å². The molecular formula is C12H11Cl3. The van der Waals surface area contributed by atoms with Gasteiger partial charge in [0.05, 0.1) is 0 Å². The quantitative estimate of drug-likeness (QED) is 0.680. The first kappa shape index (κ1) is 10.3. The third kappa shape index (κ3) is 1.28. The molecule has 0 nitrogen and oxygen atoms in total. The number of benzene rings is 1. The third-order valence-corrected chi connectivity index (χ3v) is 5.06. The van der Waals surface area contributed by atoms with Crippen LogP contribution in [0.25, 0.3) is 0 Å². The van der Waals surface area contributed by atoms with E-state index < -0.39 is 0 Å². The van der Waals surface area contributed by atoms with Crippen molar-refractivity contribution in [2.75, 3.05) is 5.88 Å². The monoisotopic (exact) mass is 260 g/mol. The normalized spacial score (nSPS) is 37.0. The van der Waals surface area contributed by atoms with Crippen LogP contribution in [0, 0.1) is 5.41 Å². The largest absolute Gasteiger partial charge is 0.126 e. The number of halogens is 3. The lowest BCUT2D eigenvalue weighted by molar-refractivity contribution is -0.122. The highest BCUT2D eigenvalue weighted by Gasteiger charge is 2.68. The van der Waals surface area contributed by atoms with E-state index in [1.807, 2.05) is 18.2 Å². The fraction of sp³-hybridized carbons (Fsp3) is 0.500. The van der Waals surface area contributed by atoms with E-state index in [0.717, 1.165) is 15.9 Å². The number of rotatable bonds is 2. The minimum absolute atomic E-state index is 0.302. The maximum absolute atomic E-state index is 6.21. The Bertz CT molecular complexity index is 405. The van der Waals surface area contributed by atoms with Crippen molar-refractivity contribution in [2.24, 2.45) is 5.41 Å². The van der Waals surface area contributed by atoms with E-state index in [1.165, 1.54) is 24.8 Å². The van der Waals surface area contributed by atoms with Crippen molar-refractivity contribution < 1.29 is 0 Å². The maximum atomic E-state index is 6.21. The van der Waals surface area contributed by atoms with Gasteiger partial charge in [-0.2, -0.15) is 0 Å². The van der Waals surface area contributed by atoms with Gasteiger partial charge in [0.1, 0.15) is 0 Å². The second-order valence-corrected chi connectivity index (χ2v) is 6.18. The van der Waals surface area contributed by atoms with E-state index in [9.17, 15) is 0 Å². The molecule has 1 aromatic rings. The second-order valence-electron chi connectivity index (χ2n) is 5.07. The Balaban J connectivity index is 1.93. The van der Waals surface area contributed by atoms with Gasteiger partial charge in [0.15, 0.2) is 0 Å². The van der Waals surface area contributed by atoms with Crippen LogP contribution in [0.5, 0.6) is 0 Å². The van der Waals surface area contributed by atoms with Crippen molar-refractivity contribution in [1.29, 1.82) is 0 Å². The molecule has 0 N–H and O–H groups in total. The zero-order chi connectivity index (χ0) is 10.7. The van der Waals surface area contributed by atoms with Crippen molar-refractivity contribution in [1.82, 2.24) is 0 Å². The molecule has 3 heteroatoms. The second kappa shape index (κ2) is 3.06. The van der Waals surface area contributed by atoms with Gasteiger partial charge in [-0.25, -0.2) is 0 Å². The van der Waals surface area contributed by atoms with E-state index in [-0.39, 0.29) is 0 Å². The maximum Gasteiger partial charge on any atom is 0.0444 e. The summed E-state index contributed by atoms with van der Waals surface area (Å²) in [5.41, 5.74) is 1.95. The Morgan fingerprint density at radius 2 is 1.80 bits per heavy atom. The van der Waals surface area contributed by atoms with Gasteiger partial charge in [0, 0.05) is 15.9 Å². The molecule has 80 valence electrons. The Labute approximate surface area is 105 Å². The van der Waals surface area contributed by atoms with Gasteiger partial charge in [-0.05, 0) is 53.9 Å². The van der Waals surface area contributed by atoms with Crippen LogP contribution < -0.4 is 0 Å². The first-order valence-corrected chi connectivity index (χ1v) is 6.40. The number of hydrogen-bond acceptors (Lipinski definition) is 0. The average Bonchev–Trinajstić information content (AvgIpc) is 2.07. The van der Waals surface area contributed by atoms with Gasteiger partial charge in [0.2, 0.25) is 0 Å². The van der Waals surface area contributed by atoms with Gasteiger partial charge in [0.25, 0.3) is 0 Å². The van der Waals surface area contributed by atoms with Crippen LogP contribution in [0.2, 0.25) is 10.0 Å². The van der Waals surface area contributed by atoms with Crippen molar-refractivity contribution >= 4 is 34.8 Å². The fourth-order valence-electron chi connectivity index (χ4n) is 3.33. The van der Waals surface area contributed by atoms with Crippen LogP contribution in [0.1, 0.15) is 24.8 Å². The molecule has 15 heavy (non-hydrogen) atoms. The van der Waals surface area contributed by atoms with Gasteiger partial charge in [-0.15, -0.1) is 11.6 Å². The molecule has 3 aliphatic carbocycles. The molecule has 1 aromatic carbocycles. The van der Waals surface area contributed by atoms with Crippen LogP contribution in [0.4, 0.5) is 0 Å². The molecule has 4 rings (SSSR count). The van der Waals surface area contributed by atoms with E-state index in [2.05, 4.69) is 0 Å². The fourth-order valence-corrected chi connectivity index (χ4v) is 4.10. The van der Waals surface area contributed by atoms with E-state index >= 15 is 0 Å². The van der Waals surface area contributed by atoms with Crippen LogP contribution >= 0.6 is 34.8 Å². The highest BCUT2D eigenvalue weighted by molar-refractivity contribution is 6.33. The minimum atomic E-state index is 0.302. The molecule has 0 amide bonds. The summed E-state index contributed by atoms with van der Waals surface area (Å²) in [7, 11) is 0. The first-order valence-electron chi connectivity index (χ1n) is 5.11. The van der Waals surface area contributed by atoms with Crippen molar-refractivity contribution in [3.63, 3.8) is 0 Å². The summed E-state index contributed by atoms with van der Waals surface area (Å²) in [5, 5.41) is 1.63. The van der Waals surface area contributed by atoms with Crippen molar-refractivity contribution in [3.8, 4) is 0 Å². The lowest BCUT2D eigenvalue weighted by Crippen LogP contribution is -2.65. The Morgan fingerprint density at radius 3 is 2.40 bits per heavy atom. The standard InChI is InChI=1S/C12H11Cl3/c13-7-11-4-12(5-11,6-11)9-3-8(14)1-2-10(9)15/h1-3H,4-7H2. The van der Waals surface area contributed by atoms with E-state index in [4.69, 9.17) is 34.8 Å². The topological polar surface area (TPSA) is 0 Å². The summed E-state index contributed by atoms with van der Waals surface area (Å²) in [6.07, 6.45) is 3.55. The molecular weight excluding hydrogens is 250 g/mol. The summed E-state index contributed by atoms with van der Waals surface area (Å²) in [5.74, 6) is 0.785. The molecule has 0 spiro atoms. The Morgan fingerprint density at radius 1 is 1.13 bits per heavy atom. The molecule has 0 saturated heterocycles. The minimum Gasteiger partial charge on any atom is -0.126 e. The lowest BCUT2D eigenvalue weighted by Gasteiger charge is -2.71. The molecule has 0 atom stereocenters. The van der Waals surface area contributed by atoms with Crippen molar-refractivity contribution in [2.45, 2.75) is 24.7 Å². The van der Waals surface area contributed by atoms with Gasteiger partial charge >= 0.3 is 0 Å². The average molecular weight is 262 g/mol. The molecule has 0 unspecified atom stereocenters. The number of hydrogen-bond donors (Lipinski definition) is 0. The summed E-state index contributed by atoms with van der Waals surface area (Å²) in [6.45, 7) is 0. The summed E-state index contributed by atoms with van der Waals surface area (Å²) < 4.78 is 0. The number of alkyl halides is 1. The molecule has 3 fully saturated rings. The summed E-state index contributed by atoms with van der Waals surface area (Å²) in [4.78, 5) is 0. The summed E-state index contributed by atoms with van der Waals surface area (Å²) in [6, 6.07) is 5.75.